The molecule has 0 saturated carbocycles. The van der Waals surface area contributed by atoms with Crippen LogP contribution >= 0.6 is 0 Å². The van der Waals surface area contributed by atoms with E-state index in [0.717, 1.165) is 0 Å². The Balaban J connectivity index is 1.53. The maximum Gasteiger partial charge on any atom is 0.257 e. The van der Waals surface area contributed by atoms with Crippen LogP contribution in [-0.4, -0.2) is 73.1 Å². The minimum atomic E-state index is -3.67. The zero-order valence-electron chi connectivity index (χ0n) is 16.5. The molecule has 2 aliphatic heterocycles. The minimum Gasteiger partial charge on any atom is -0.486 e. The molecular weight excluding hydrogens is 396 g/mol. The number of benzene rings is 1. The number of aryl methyl sites for hydroxylation is 2. The van der Waals surface area contributed by atoms with Crippen molar-refractivity contribution in [3.05, 3.63) is 35.2 Å². The summed E-state index contributed by atoms with van der Waals surface area (Å²) >= 11 is 0. The second kappa shape index (κ2) is 7.68. The van der Waals surface area contributed by atoms with Crippen LogP contribution < -0.4 is 9.47 Å². The van der Waals surface area contributed by atoms with Crippen LogP contribution in [0.15, 0.2) is 23.1 Å². The van der Waals surface area contributed by atoms with Crippen molar-refractivity contribution in [1.82, 2.24) is 19.4 Å². The van der Waals surface area contributed by atoms with Crippen LogP contribution in [0.3, 0.4) is 0 Å². The van der Waals surface area contributed by atoms with Gasteiger partial charge in [0.2, 0.25) is 10.0 Å². The molecule has 0 spiro atoms. The van der Waals surface area contributed by atoms with E-state index in [1.807, 2.05) is 0 Å². The summed E-state index contributed by atoms with van der Waals surface area (Å²) in [6, 6.07) is 5.25. The normalized spacial score (nSPS) is 17.8. The van der Waals surface area contributed by atoms with E-state index in [4.69, 9.17) is 9.47 Å². The van der Waals surface area contributed by atoms with Crippen LogP contribution in [-0.2, 0) is 10.0 Å². The summed E-state index contributed by atoms with van der Waals surface area (Å²) in [6.07, 6.45) is 0.549. The Hall–Kier alpha value is -2.59. The Morgan fingerprint density at radius 3 is 2.66 bits per heavy atom. The maximum absolute atomic E-state index is 13.1. The van der Waals surface area contributed by atoms with Crippen molar-refractivity contribution in [2.24, 2.45) is 0 Å². The van der Waals surface area contributed by atoms with Crippen molar-refractivity contribution in [3.8, 4) is 11.5 Å². The molecule has 4 rings (SSSR count). The first-order chi connectivity index (χ1) is 13.9. The standard InChI is InChI=1S/C19H24N4O5S/c1-13-18(14(2)21-20-13)29(25,26)23-8-4-7-22(9-10-23)19(24)15-5-3-6-16-17(15)28-12-11-27-16/h3,5-6H,4,7-12H2,1-2H3,(H,20,21). The van der Waals surface area contributed by atoms with Crippen molar-refractivity contribution in [1.29, 1.82) is 0 Å². The smallest absolute Gasteiger partial charge is 0.257 e. The number of amides is 1. The zero-order chi connectivity index (χ0) is 20.6. The maximum atomic E-state index is 13.1. The number of carbonyl (C=O) groups is 1. The number of hydrogen-bond donors (Lipinski definition) is 1. The number of aromatic nitrogens is 2. The molecule has 1 fully saturated rings. The second-order valence-corrected chi connectivity index (χ2v) is 9.02. The number of carbonyl (C=O) groups excluding carboxylic acids is 1. The van der Waals surface area contributed by atoms with Gasteiger partial charge in [0, 0.05) is 26.2 Å². The number of nitrogens with zero attached hydrogens (tertiary/aromatic N) is 3. The predicted molar refractivity (Wildman–Crippen MR) is 105 cm³/mol. The van der Waals surface area contributed by atoms with Crippen molar-refractivity contribution >= 4 is 15.9 Å². The third kappa shape index (κ3) is 3.58. The molecule has 0 atom stereocenters. The molecule has 9 nitrogen and oxygen atoms in total. The summed E-state index contributed by atoms with van der Waals surface area (Å²) in [6.45, 7) is 5.57. The van der Waals surface area contributed by atoms with E-state index >= 15 is 0 Å². The Morgan fingerprint density at radius 1 is 1.10 bits per heavy atom. The fourth-order valence-electron chi connectivity index (χ4n) is 3.80. The van der Waals surface area contributed by atoms with Crippen molar-refractivity contribution in [2.75, 3.05) is 39.4 Å². The lowest BCUT2D eigenvalue weighted by atomic mass is 10.1. The van der Waals surface area contributed by atoms with Gasteiger partial charge in [-0.3, -0.25) is 9.89 Å². The van der Waals surface area contributed by atoms with E-state index in [1.54, 1.807) is 36.9 Å². The van der Waals surface area contributed by atoms with E-state index in [0.29, 0.717) is 67.7 Å². The van der Waals surface area contributed by atoms with Gasteiger partial charge in [0.1, 0.15) is 18.1 Å². The van der Waals surface area contributed by atoms with E-state index in [2.05, 4.69) is 10.2 Å². The fourth-order valence-corrected chi connectivity index (χ4v) is 5.60. The van der Waals surface area contributed by atoms with Crippen molar-refractivity contribution in [2.45, 2.75) is 25.2 Å². The third-order valence-electron chi connectivity index (χ3n) is 5.20. The van der Waals surface area contributed by atoms with Gasteiger partial charge in [-0.05, 0) is 32.4 Å². The first-order valence-corrected chi connectivity index (χ1v) is 11.0. The number of ether oxygens (including phenoxy) is 2. The SMILES string of the molecule is Cc1n[nH]c(C)c1S(=O)(=O)N1CCCN(C(=O)c2cccc3c2OCCO3)CC1. The van der Waals surface area contributed by atoms with Gasteiger partial charge in [0.25, 0.3) is 5.91 Å². The monoisotopic (exact) mass is 420 g/mol. The second-order valence-electron chi connectivity index (χ2n) is 7.14. The molecule has 3 heterocycles. The average molecular weight is 420 g/mol. The molecule has 1 saturated heterocycles. The first kappa shape index (κ1) is 19.7. The fraction of sp³-hybridized carbons (Fsp3) is 0.474. The number of fused-ring (bicyclic) bond motifs is 1. The Morgan fingerprint density at radius 2 is 1.90 bits per heavy atom. The number of rotatable bonds is 3. The highest BCUT2D eigenvalue weighted by molar-refractivity contribution is 7.89. The van der Waals surface area contributed by atoms with Crippen LogP contribution in [0.2, 0.25) is 0 Å². The summed E-state index contributed by atoms with van der Waals surface area (Å²) in [5, 5.41) is 6.73. The van der Waals surface area contributed by atoms with Gasteiger partial charge in [0.05, 0.1) is 17.0 Å². The van der Waals surface area contributed by atoms with Crippen LogP contribution in [0.1, 0.15) is 28.2 Å². The zero-order valence-corrected chi connectivity index (χ0v) is 17.3. The molecule has 2 aromatic rings. The molecule has 0 radical (unpaired) electrons. The van der Waals surface area contributed by atoms with E-state index in [1.165, 1.54) is 4.31 Å². The predicted octanol–water partition coefficient (Wildman–Crippen LogP) is 1.33. The number of aromatic amines is 1. The summed E-state index contributed by atoms with van der Waals surface area (Å²) in [7, 11) is -3.67. The minimum absolute atomic E-state index is 0.178. The lowest BCUT2D eigenvalue weighted by Gasteiger charge is -2.25. The van der Waals surface area contributed by atoms with Crippen molar-refractivity contribution in [3.63, 3.8) is 0 Å². The van der Waals surface area contributed by atoms with Crippen molar-refractivity contribution < 1.29 is 22.7 Å². The summed E-state index contributed by atoms with van der Waals surface area (Å²) in [4.78, 5) is 15.0. The molecule has 1 N–H and O–H groups in total. The van der Waals surface area contributed by atoms with Gasteiger partial charge in [-0.15, -0.1) is 0 Å². The van der Waals surface area contributed by atoms with Crippen LogP contribution in [0.25, 0.3) is 0 Å². The molecular formula is C19H24N4O5S. The molecule has 29 heavy (non-hydrogen) atoms. The highest BCUT2D eigenvalue weighted by atomic mass is 32.2. The first-order valence-electron chi connectivity index (χ1n) is 9.59. The highest BCUT2D eigenvalue weighted by Crippen LogP contribution is 2.34. The van der Waals surface area contributed by atoms with Gasteiger partial charge in [-0.2, -0.15) is 9.40 Å². The van der Waals surface area contributed by atoms with Gasteiger partial charge < -0.3 is 14.4 Å². The van der Waals surface area contributed by atoms with Gasteiger partial charge in [-0.1, -0.05) is 6.07 Å². The number of hydrogen-bond acceptors (Lipinski definition) is 6. The summed E-state index contributed by atoms with van der Waals surface area (Å²) < 4.78 is 38.9. The third-order valence-corrected chi connectivity index (χ3v) is 7.36. The Kier molecular flexibility index (Phi) is 5.22. The topological polar surface area (TPSA) is 105 Å². The molecule has 2 aliphatic rings. The molecule has 0 aliphatic carbocycles. The van der Waals surface area contributed by atoms with Crippen LogP contribution in [0.5, 0.6) is 11.5 Å². The molecule has 1 aromatic heterocycles. The largest absolute Gasteiger partial charge is 0.486 e. The van der Waals surface area contributed by atoms with Gasteiger partial charge >= 0.3 is 0 Å². The summed E-state index contributed by atoms with van der Waals surface area (Å²) in [5.74, 6) is 0.844. The Labute approximate surface area is 169 Å². The van der Waals surface area contributed by atoms with Gasteiger partial charge in [0.15, 0.2) is 11.5 Å². The van der Waals surface area contributed by atoms with Gasteiger partial charge in [-0.25, -0.2) is 8.42 Å². The molecule has 1 aromatic carbocycles. The highest BCUT2D eigenvalue weighted by Gasteiger charge is 2.33. The van der Waals surface area contributed by atoms with E-state index in [9.17, 15) is 13.2 Å². The lowest BCUT2D eigenvalue weighted by molar-refractivity contribution is 0.0753. The molecule has 10 heteroatoms. The number of H-pyrrole nitrogens is 1. The molecule has 0 unspecified atom stereocenters. The molecule has 0 bridgehead atoms. The lowest BCUT2D eigenvalue weighted by Crippen LogP contribution is -2.38. The Bertz CT molecular complexity index is 1010. The molecule has 156 valence electrons. The average Bonchev–Trinajstić information content (AvgIpc) is 2.92. The van der Waals surface area contributed by atoms with Crippen LogP contribution in [0.4, 0.5) is 0 Å². The number of sulfonamides is 1. The van der Waals surface area contributed by atoms with E-state index in [-0.39, 0.29) is 17.3 Å². The summed E-state index contributed by atoms with van der Waals surface area (Å²) in [5.41, 5.74) is 1.42. The molecule has 1 amide bonds. The quantitative estimate of drug-likeness (QED) is 0.803. The number of para-hydroxylation sites is 1. The number of nitrogens with one attached hydrogen (secondary N) is 1. The van der Waals surface area contributed by atoms with E-state index < -0.39 is 10.0 Å². The van der Waals surface area contributed by atoms with Crippen LogP contribution in [0, 0.1) is 13.8 Å².